The largest absolute Gasteiger partial charge is 0.481 e. The Hall–Kier alpha value is -2.13. The molecule has 0 heterocycles. The second-order valence-electron chi connectivity index (χ2n) is 4.99. The van der Waals surface area contributed by atoms with Crippen molar-refractivity contribution in [3.63, 3.8) is 0 Å². The van der Waals surface area contributed by atoms with Crippen molar-refractivity contribution in [2.45, 2.75) is 19.8 Å². The van der Waals surface area contributed by atoms with Crippen LogP contribution >= 0.6 is 0 Å². The molecule has 1 aromatic rings. The number of benzene rings is 2. The van der Waals surface area contributed by atoms with Crippen LogP contribution in [0.4, 0.5) is 0 Å². The number of hydrogen-bond donors (Lipinski definition) is 2. The summed E-state index contributed by atoms with van der Waals surface area (Å²) in [6.07, 6.45) is 0. The predicted octanol–water partition coefficient (Wildman–Crippen LogP) is 3.69. The fourth-order valence-corrected chi connectivity index (χ4v) is 1.87. The number of nitrogens with one attached hydrogen (secondary N) is 1. The van der Waals surface area contributed by atoms with Crippen molar-refractivity contribution >= 4 is 5.97 Å². The Morgan fingerprint density at radius 2 is 1.43 bits per heavy atom. The number of hydrogen-bond acceptors (Lipinski definition) is 2. The third-order valence-corrected chi connectivity index (χ3v) is 3.24. The van der Waals surface area contributed by atoms with Crippen LogP contribution in [-0.4, -0.2) is 25.2 Å². The van der Waals surface area contributed by atoms with E-state index in [0.29, 0.717) is 0 Å². The molecule has 3 nitrogen and oxygen atoms in total. The Kier molecular flexibility index (Phi) is 6.63. The normalized spacial score (nSPS) is 11.2. The fraction of sp³-hybridized carbons (Fsp3) is 0.278. The van der Waals surface area contributed by atoms with Gasteiger partial charge in [-0.1, -0.05) is 48.5 Å². The summed E-state index contributed by atoms with van der Waals surface area (Å²) in [6.45, 7) is 3.62. The summed E-state index contributed by atoms with van der Waals surface area (Å²) in [7, 11) is 3.75. The van der Waals surface area contributed by atoms with Crippen molar-refractivity contribution in [3.05, 3.63) is 59.7 Å². The molecule has 1 unspecified atom stereocenters. The highest BCUT2D eigenvalue weighted by molar-refractivity contribution is 5.76. The molecule has 1 atom stereocenters. The summed E-state index contributed by atoms with van der Waals surface area (Å²) in [6, 6.07) is 16.0. The third kappa shape index (κ3) is 4.72. The maximum atomic E-state index is 10.7. The molecule has 0 aromatic heterocycles. The lowest BCUT2D eigenvalue weighted by Crippen LogP contribution is -2.08. The van der Waals surface area contributed by atoms with Crippen LogP contribution in [0.15, 0.2) is 48.5 Å². The molecular weight excluding hydrogens is 262 g/mol. The van der Waals surface area contributed by atoms with Crippen LogP contribution < -0.4 is 5.32 Å². The Labute approximate surface area is 126 Å². The van der Waals surface area contributed by atoms with E-state index in [1.807, 2.05) is 45.3 Å². The van der Waals surface area contributed by atoms with Crippen molar-refractivity contribution in [1.82, 2.24) is 5.32 Å². The van der Waals surface area contributed by atoms with Gasteiger partial charge in [0.1, 0.15) is 0 Å². The molecule has 3 rings (SSSR count). The van der Waals surface area contributed by atoms with Crippen LogP contribution in [0, 0.1) is 6.92 Å². The molecule has 112 valence electrons. The monoisotopic (exact) mass is 285 g/mol. The minimum atomic E-state index is -0.774. The predicted molar refractivity (Wildman–Crippen MR) is 87.6 cm³/mol. The molecule has 0 saturated carbocycles. The van der Waals surface area contributed by atoms with Gasteiger partial charge in [-0.05, 0) is 50.2 Å². The lowest BCUT2D eigenvalue weighted by molar-refractivity contribution is -0.138. The van der Waals surface area contributed by atoms with Gasteiger partial charge >= 0.3 is 5.97 Å². The molecule has 21 heavy (non-hydrogen) atoms. The first-order valence-electron chi connectivity index (χ1n) is 6.98. The Balaban J connectivity index is 0.000000201. The molecule has 0 amide bonds. The number of carboxylic acids is 1. The van der Waals surface area contributed by atoms with Gasteiger partial charge in [0.05, 0.1) is 5.92 Å². The molecule has 2 aliphatic rings. The van der Waals surface area contributed by atoms with E-state index in [4.69, 9.17) is 5.11 Å². The van der Waals surface area contributed by atoms with Crippen LogP contribution in [0.1, 0.15) is 24.0 Å². The molecule has 0 saturated heterocycles. The van der Waals surface area contributed by atoms with E-state index < -0.39 is 11.9 Å². The maximum absolute atomic E-state index is 10.7. The molecule has 0 radical (unpaired) electrons. The summed E-state index contributed by atoms with van der Waals surface area (Å²) < 4.78 is 0. The molecule has 0 aliphatic heterocycles. The van der Waals surface area contributed by atoms with Gasteiger partial charge in [-0.25, -0.2) is 0 Å². The summed E-state index contributed by atoms with van der Waals surface area (Å²) >= 11 is 0. The molecular formula is C18H23NO2. The van der Waals surface area contributed by atoms with Crippen LogP contribution in [-0.2, 0) is 4.79 Å². The van der Waals surface area contributed by atoms with Gasteiger partial charge in [-0.3, -0.25) is 4.79 Å². The number of fused-ring (bicyclic) bond motifs is 1. The minimum absolute atomic E-state index is 0.411. The molecule has 0 fully saturated rings. The summed E-state index contributed by atoms with van der Waals surface area (Å²) in [4.78, 5) is 10.7. The van der Waals surface area contributed by atoms with Crippen LogP contribution in [0.2, 0.25) is 0 Å². The quantitative estimate of drug-likeness (QED) is 0.755. The van der Waals surface area contributed by atoms with Crippen LogP contribution in [0.25, 0.3) is 11.1 Å². The minimum Gasteiger partial charge on any atom is -0.481 e. The van der Waals surface area contributed by atoms with Crippen molar-refractivity contribution in [2.24, 2.45) is 0 Å². The zero-order chi connectivity index (χ0) is 15.8. The first kappa shape index (κ1) is 16.9. The van der Waals surface area contributed by atoms with Crippen LogP contribution in [0.3, 0.4) is 0 Å². The van der Waals surface area contributed by atoms with Crippen LogP contribution in [0.5, 0.6) is 0 Å². The number of aryl methyl sites for hydroxylation is 1. The number of aliphatic carboxylic acids is 1. The van der Waals surface area contributed by atoms with Gasteiger partial charge in [-0.15, -0.1) is 0 Å². The molecule has 1 aromatic carbocycles. The van der Waals surface area contributed by atoms with Gasteiger partial charge in [0.25, 0.3) is 0 Å². The van der Waals surface area contributed by atoms with E-state index in [2.05, 4.69) is 29.6 Å². The summed E-state index contributed by atoms with van der Waals surface area (Å²) in [5.74, 6) is -1.18. The first-order valence-corrected chi connectivity index (χ1v) is 6.98. The molecule has 3 heteroatoms. The van der Waals surface area contributed by atoms with E-state index in [9.17, 15) is 4.79 Å². The van der Waals surface area contributed by atoms with Gasteiger partial charge in [0, 0.05) is 0 Å². The highest BCUT2D eigenvalue weighted by atomic mass is 16.4. The van der Waals surface area contributed by atoms with Crippen molar-refractivity contribution in [3.8, 4) is 11.1 Å². The zero-order valence-corrected chi connectivity index (χ0v) is 13.1. The van der Waals surface area contributed by atoms with E-state index >= 15 is 0 Å². The maximum Gasteiger partial charge on any atom is 0.310 e. The second-order valence-corrected chi connectivity index (χ2v) is 4.99. The van der Waals surface area contributed by atoms with Crippen molar-refractivity contribution in [1.29, 1.82) is 0 Å². The summed E-state index contributed by atoms with van der Waals surface area (Å²) in [5.41, 5.74) is 4.78. The average Bonchev–Trinajstić information content (AvgIpc) is 2.44. The zero-order valence-electron chi connectivity index (χ0n) is 13.1. The SMILES string of the molecule is CNC.Cc1ccccc1C(C)C(=O)O.c1cc2ccc1-2. The lowest BCUT2D eigenvalue weighted by atomic mass is 9.95. The number of rotatable bonds is 2. The Morgan fingerprint density at radius 1 is 1.00 bits per heavy atom. The van der Waals surface area contributed by atoms with E-state index in [1.165, 1.54) is 11.1 Å². The molecule has 2 aliphatic carbocycles. The first-order chi connectivity index (χ1) is 10.0. The smallest absolute Gasteiger partial charge is 0.310 e. The molecule has 2 N–H and O–H groups in total. The van der Waals surface area contributed by atoms with Gasteiger partial charge in [0.2, 0.25) is 0 Å². The Bertz CT molecular complexity index is 555. The highest BCUT2D eigenvalue weighted by Gasteiger charge is 2.14. The standard InChI is InChI=1S/C10H12O2.C6H4.C2H7N/c1-7-5-3-4-6-9(7)8(2)10(11)12;1-2-6-4-3-5(1)6;1-3-2/h3-6,8H,1-2H3,(H,11,12);1-4H;3H,1-2H3. The second kappa shape index (κ2) is 8.22. The fourth-order valence-electron chi connectivity index (χ4n) is 1.87. The van der Waals surface area contributed by atoms with Gasteiger partial charge < -0.3 is 10.4 Å². The summed E-state index contributed by atoms with van der Waals surface area (Å²) in [5, 5.41) is 11.5. The van der Waals surface area contributed by atoms with Gasteiger partial charge in [-0.2, -0.15) is 0 Å². The lowest BCUT2D eigenvalue weighted by Gasteiger charge is -2.10. The average molecular weight is 285 g/mol. The van der Waals surface area contributed by atoms with Gasteiger partial charge in [0.15, 0.2) is 0 Å². The van der Waals surface area contributed by atoms with Crippen molar-refractivity contribution in [2.75, 3.05) is 14.1 Å². The molecule has 0 spiro atoms. The number of carbonyl (C=O) groups is 1. The third-order valence-electron chi connectivity index (χ3n) is 3.24. The topological polar surface area (TPSA) is 49.3 Å². The van der Waals surface area contributed by atoms with Crippen molar-refractivity contribution < 1.29 is 9.90 Å². The molecule has 0 bridgehead atoms. The Morgan fingerprint density at radius 3 is 1.71 bits per heavy atom. The number of carboxylic acid groups (broad SMARTS) is 1. The van der Waals surface area contributed by atoms with E-state index in [0.717, 1.165) is 11.1 Å². The van der Waals surface area contributed by atoms with E-state index in [1.54, 1.807) is 6.92 Å². The van der Waals surface area contributed by atoms with E-state index in [-0.39, 0.29) is 0 Å². The highest BCUT2D eigenvalue weighted by Crippen LogP contribution is 2.29.